The lowest BCUT2D eigenvalue weighted by Gasteiger charge is -2.22. The second-order valence-electron chi connectivity index (χ2n) is 18.9. The van der Waals surface area contributed by atoms with Gasteiger partial charge in [-0.2, -0.15) is 0 Å². The van der Waals surface area contributed by atoms with E-state index in [4.69, 9.17) is 0 Å². The van der Waals surface area contributed by atoms with Crippen LogP contribution in [0.25, 0.3) is 0 Å². The summed E-state index contributed by atoms with van der Waals surface area (Å²) < 4.78 is 4.03. The molecule has 0 bridgehead atoms. The van der Waals surface area contributed by atoms with E-state index in [2.05, 4.69) is 78.8 Å². The van der Waals surface area contributed by atoms with Gasteiger partial charge in [-0.3, -0.25) is 43.2 Å². The monoisotopic (exact) mass is 1090 g/mol. The quantitative estimate of drug-likeness (QED) is 0.0288. The molecule has 3 aromatic rings. The molecular formula is C48H72N18O12. The van der Waals surface area contributed by atoms with Gasteiger partial charge in [-0.1, -0.05) is 15.6 Å². The third kappa shape index (κ3) is 25.5. The fraction of sp³-hybridized carbons (Fsp3) is 0.625. The van der Waals surface area contributed by atoms with Gasteiger partial charge < -0.3 is 62.2 Å². The summed E-state index contributed by atoms with van der Waals surface area (Å²) in [5.41, 5.74) is 1.70. The highest BCUT2D eigenvalue weighted by Gasteiger charge is 2.27. The zero-order chi connectivity index (χ0) is 56.8. The molecule has 30 nitrogen and oxygen atoms in total. The first-order valence-electron chi connectivity index (χ1n) is 26.0. The van der Waals surface area contributed by atoms with Crippen molar-refractivity contribution in [2.75, 3.05) is 39.3 Å². The minimum Gasteiger partial charge on any atom is -0.354 e. The number of aromatic nitrogens is 9. The maximum absolute atomic E-state index is 13.6. The van der Waals surface area contributed by atoms with Gasteiger partial charge in [-0.25, -0.2) is 14.0 Å². The van der Waals surface area contributed by atoms with Crippen LogP contribution in [0.3, 0.4) is 0 Å². The first kappa shape index (κ1) is 62.2. The molecule has 9 amide bonds. The van der Waals surface area contributed by atoms with E-state index in [1.54, 1.807) is 18.6 Å². The van der Waals surface area contributed by atoms with Crippen molar-refractivity contribution in [1.29, 1.82) is 0 Å². The van der Waals surface area contributed by atoms with E-state index in [0.29, 0.717) is 94.1 Å². The van der Waals surface area contributed by atoms with Crippen molar-refractivity contribution >= 4 is 70.5 Å². The van der Waals surface area contributed by atoms with Crippen LogP contribution in [-0.2, 0) is 96.4 Å². The smallest absolute Gasteiger partial charge is 0.243 e. The van der Waals surface area contributed by atoms with Crippen molar-refractivity contribution in [3.63, 3.8) is 0 Å². The van der Waals surface area contributed by atoms with E-state index in [9.17, 15) is 57.5 Å². The summed E-state index contributed by atoms with van der Waals surface area (Å²) in [5, 5.41) is 47.1. The summed E-state index contributed by atoms with van der Waals surface area (Å²) in [6, 6.07) is -3.63. The van der Waals surface area contributed by atoms with E-state index in [0.717, 1.165) is 0 Å². The zero-order valence-electron chi connectivity index (χ0n) is 44.4. The van der Waals surface area contributed by atoms with E-state index in [1.807, 2.05) is 0 Å². The lowest BCUT2D eigenvalue weighted by molar-refractivity contribution is -0.133. The minimum atomic E-state index is -1.21. The fourth-order valence-corrected chi connectivity index (χ4v) is 7.63. The number of rotatable bonds is 30. The molecule has 3 atom stereocenters. The summed E-state index contributed by atoms with van der Waals surface area (Å²) in [5.74, 6) is -5.62. The van der Waals surface area contributed by atoms with Gasteiger partial charge in [0.1, 0.15) is 55.1 Å². The highest BCUT2D eigenvalue weighted by atomic mass is 16.2. The van der Waals surface area contributed by atoms with Gasteiger partial charge in [-0.15, -0.1) is 15.3 Å². The molecule has 78 heavy (non-hydrogen) atoms. The number of hydrogen-bond donors (Lipinski definition) is 9. The number of Topliss-reactive ketones (excluding diaryl/α,β-unsaturated/α-hetero) is 3. The van der Waals surface area contributed by atoms with Crippen LogP contribution in [0.4, 0.5) is 0 Å². The normalized spacial score (nSPS) is 16.7. The predicted molar refractivity (Wildman–Crippen MR) is 272 cm³/mol. The average Bonchev–Trinajstić information content (AvgIpc) is 4.17. The van der Waals surface area contributed by atoms with Gasteiger partial charge in [0.15, 0.2) is 0 Å². The van der Waals surface area contributed by atoms with Gasteiger partial charge in [0.25, 0.3) is 0 Å². The van der Waals surface area contributed by atoms with Crippen LogP contribution in [0.2, 0.25) is 0 Å². The maximum Gasteiger partial charge on any atom is 0.243 e. The lowest BCUT2D eigenvalue weighted by Crippen LogP contribution is -2.56. The van der Waals surface area contributed by atoms with Crippen molar-refractivity contribution < 1.29 is 57.5 Å². The van der Waals surface area contributed by atoms with Gasteiger partial charge in [-0.05, 0) is 97.8 Å². The second-order valence-corrected chi connectivity index (χ2v) is 18.9. The predicted octanol–water partition coefficient (Wildman–Crippen LogP) is -3.90. The number of unbranched alkanes of at least 4 members (excludes halogenated alkanes) is 3. The summed E-state index contributed by atoms with van der Waals surface area (Å²) >= 11 is 0. The first-order chi connectivity index (χ1) is 37.3. The van der Waals surface area contributed by atoms with Crippen LogP contribution in [0.5, 0.6) is 0 Å². The lowest BCUT2D eigenvalue weighted by atomic mass is 10.1. The molecule has 1 aliphatic heterocycles. The Bertz CT molecular complexity index is 2290. The molecule has 0 spiro atoms. The Balaban J connectivity index is 1.35. The molecule has 4 rings (SSSR count). The maximum atomic E-state index is 13.6. The van der Waals surface area contributed by atoms with Crippen molar-refractivity contribution in [2.45, 2.75) is 155 Å². The van der Waals surface area contributed by atoms with Crippen LogP contribution in [0, 0.1) is 0 Å². The number of nitrogens with zero attached hydrogens (tertiary/aromatic N) is 9. The molecule has 0 aliphatic carbocycles. The Morgan fingerprint density at radius 3 is 0.974 bits per heavy atom. The Kier molecular flexibility index (Phi) is 26.8. The molecule has 1 fully saturated rings. The molecular weight excluding hydrogens is 1020 g/mol. The second kappa shape index (κ2) is 33.6. The highest BCUT2D eigenvalue weighted by Crippen LogP contribution is 2.07. The molecule has 4 heterocycles. The topological polar surface area (TPSA) is 405 Å². The molecule has 0 radical (unpaired) electrons. The van der Waals surface area contributed by atoms with Gasteiger partial charge in [0, 0.05) is 57.5 Å². The van der Waals surface area contributed by atoms with Crippen molar-refractivity contribution in [2.24, 2.45) is 0 Å². The number of aryl methyl sites for hydroxylation is 3. The van der Waals surface area contributed by atoms with E-state index < -0.39 is 73.2 Å². The van der Waals surface area contributed by atoms with Crippen LogP contribution in [0.1, 0.15) is 115 Å². The number of carbonyl (C=O) groups excluding carboxylic acids is 12. The first-order valence-corrected chi connectivity index (χ1v) is 26.0. The Hall–Kier alpha value is -8.34. The summed E-state index contributed by atoms with van der Waals surface area (Å²) in [4.78, 5) is 152. The molecule has 1 aliphatic rings. The molecule has 9 N–H and O–H groups in total. The highest BCUT2D eigenvalue weighted by molar-refractivity contribution is 5.96. The number of nitrogens with one attached hydrogen (secondary N) is 9. The molecule has 0 aromatic carbocycles. The van der Waals surface area contributed by atoms with Crippen LogP contribution >= 0.6 is 0 Å². The van der Waals surface area contributed by atoms with Gasteiger partial charge >= 0.3 is 0 Å². The number of carbonyl (C=O) groups is 12. The molecule has 3 aromatic heterocycles. The molecule has 1 saturated heterocycles. The third-order valence-electron chi connectivity index (χ3n) is 11.8. The zero-order valence-corrected chi connectivity index (χ0v) is 44.4. The van der Waals surface area contributed by atoms with Crippen LogP contribution in [-0.4, -0.2) is 173 Å². The van der Waals surface area contributed by atoms with Crippen molar-refractivity contribution in [3.05, 3.63) is 35.7 Å². The van der Waals surface area contributed by atoms with Gasteiger partial charge in [0.2, 0.25) is 53.2 Å². The van der Waals surface area contributed by atoms with E-state index in [1.165, 1.54) is 34.8 Å². The van der Waals surface area contributed by atoms with Crippen molar-refractivity contribution in [1.82, 2.24) is 92.8 Å². The van der Waals surface area contributed by atoms with E-state index in [-0.39, 0.29) is 93.6 Å². The summed E-state index contributed by atoms with van der Waals surface area (Å²) in [6.07, 6.45) is 8.96. The molecule has 0 saturated carbocycles. The average molecular weight is 1090 g/mol. The van der Waals surface area contributed by atoms with Crippen molar-refractivity contribution in [3.8, 4) is 0 Å². The summed E-state index contributed by atoms with van der Waals surface area (Å²) in [7, 11) is 0. The van der Waals surface area contributed by atoms with Crippen LogP contribution < -0.4 is 47.9 Å². The number of amides is 9. The minimum absolute atomic E-state index is 0.000528. The fourth-order valence-electron chi connectivity index (χ4n) is 7.63. The Morgan fingerprint density at radius 2 is 0.718 bits per heavy atom. The largest absolute Gasteiger partial charge is 0.354 e. The third-order valence-corrected chi connectivity index (χ3v) is 11.8. The standard InChI is InChI=1S/C48H72N18O12/c1-31(67)13-16-34-25-64(61-58-34)28-43(73)49-19-7-4-10-37-46(76)52-23-41(71)56-39(12-6-9-21-51-45(75)30-66-27-36(60-63-66)18-15-33(3)69)48(78)54-24-42(72)57-38(47(77)53-22-40(70)55-37)11-5-8-20-50-44(74)29-65-26-35(59-62-65)17-14-32(2)68/h25-27,37-39H,4-24,28-30H2,1-3H3,(H,49,73)(H,50,74)(H,51,75)(H,52,76)(H,53,77)(H,54,78)(H,55,70)(H,56,71)(H,57,72)/t37-,38-,39-/m0/s1. The summed E-state index contributed by atoms with van der Waals surface area (Å²) in [6.45, 7) is 2.81. The van der Waals surface area contributed by atoms with E-state index >= 15 is 0 Å². The number of ketones is 3. The SMILES string of the molecule is CC(=O)CCc1cn(CC(=O)NCCCC[C@@H]2NC(=O)CNC(=O)[C@H](CCCCNC(=O)Cn3cc(CCC(C)=O)nn3)NC(=O)CNC(=O)[C@H](CCCCNC(=O)Cn3cc(CCC(C)=O)nn3)NC(=O)CNC2=O)nn1. The Morgan fingerprint density at radius 1 is 0.449 bits per heavy atom. The Labute approximate surface area is 449 Å². The molecule has 30 heteroatoms. The number of hydrogen-bond acceptors (Lipinski definition) is 18. The molecule has 426 valence electrons. The van der Waals surface area contributed by atoms with Crippen LogP contribution in [0.15, 0.2) is 18.6 Å². The van der Waals surface area contributed by atoms with Gasteiger partial charge in [0.05, 0.1) is 36.7 Å². The molecule has 0 unspecified atom stereocenters.